The zero-order valence-electron chi connectivity index (χ0n) is 17.4. The number of carbonyl (C=O) groups excluding carboxylic acids is 1. The van der Waals surface area contributed by atoms with Gasteiger partial charge in [-0.3, -0.25) is 9.79 Å². The number of nitrogens with one attached hydrogen (secondary N) is 2. The summed E-state index contributed by atoms with van der Waals surface area (Å²) in [5, 5.41) is 7.24. The second-order valence-corrected chi connectivity index (χ2v) is 7.54. The van der Waals surface area contributed by atoms with Gasteiger partial charge in [0.2, 0.25) is 5.82 Å². The summed E-state index contributed by atoms with van der Waals surface area (Å²) in [5.41, 5.74) is 7.69. The van der Waals surface area contributed by atoms with E-state index in [1.54, 1.807) is 7.11 Å². The van der Waals surface area contributed by atoms with E-state index in [0.717, 1.165) is 42.1 Å². The Bertz CT molecular complexity index is 894. The van der Waals surface area contributed by atoms with Gasteiger partial charge in [0, 0.05) is 25.1 Å². The summed E-state index contributed by atoms with van der Waals surface area (Å²) in [6.07, 6.45) is 4.23. The van der Waals surface area contributed by atoms with Gasteiger partial charge in [0.15, 0.2) is 0 Å². The van der Waals surface area contributed by atoms with Gasteiger partial charge in [-0.05, 0) is 38.8 Å². The molecule has 0 spiro atoms. The van der Waals surface area contributed by atoms with Gasteiger partial charge in [-0.25, -0.2) is 9.97 Å². The van der Waals surface area contributed by atoms with Crippen molar-refractivity contribution in [2.45, 2.75) is 51.6 Å². The lowest BCUT2D eigenvalue weighted by Crippen LogP contribution is -2.37. The highest BCUT2D eigenvalue weighted by Gasteiger charge is 2.26. The summed E-state index contributed by atoms with van der Waals surface area (Å²) in [5.74, 6) is 1.08. The minimum Gasteiger partial charge on any atom is -0.388 e. The Hall–Kier alpha value is -2.74. The number of nitrogens with two attached hydrogens (primary N) is 1. The SMILES string of the molecule is COCCNC(=O)c1nc(N[C@H]2CCCC[C@H]2N=C(C)N)c2cc(C)ccc2n1. The van der Waals surface area contributed by atoms with Crippen LogP contribution in [0.25, 0.3) is 10.9 Å². The Morgan fingerprint density at radius 2 is 2.10 bits per heavy atom. The van der Waals surface area contributed by atoms with E-state index in [9.17, 15) is 4.79 Å². The van der Waals surface area contributed by atoms with Crippen molar-refractivity contribution in [1.82, 2.24) is 15.3 Å². The minimum atomic E-state index is -0.316. The molecule has 1 amide bonds. The first kappa shape index (κ1) is 21.0. The molecule has 1 fully saturated rings. The second kappa shape index (κ2) is 9.65. The van der Waals surface area contributed by atoms with E-state index in [-0.39, 0.29) is 23.8 Å². The summed E-state index contributed by atoms with van der Waals surface area (Å²) in [4.78, 5) is 26.2. The van der Waals surface area contributed by atoms with Crippen molar-refractivity contribution >= 4 is 28.5 Å². The molecule has 156 valence electrons. The quantitative estimate of drug-likeness (QED) is 0.375. The minimum absolute atomic E-state index is 0.0996. The molecule has 1 aliphatic rings. The van der Waals surface area contributed by atoms with Crippen molar-refractivity contribution in [2.75, 3.05) is 25.6 Å². The first-order chi connectivity index (χ1) is 14.0. The normalized spacial score (nSPS) is 19.9. The van der Waals surface area contributed by atoms with Crippen LogP contribution in [-0.2, 0) is 4.74 Å². The van der Waals surface area contributed by atoms with Crippen molar-refractivity contribution in [3.63, 3.8) is 0 Å². The zero-order chi connectivity index (χ0) is 20.8. The fraction of sp³-hybridized carbons (Fsp3) is 0.524. The Kier molecular flexibility index (Phi) is 6.98. The molecule has 1 aromatic heterocycles. The Balaban J connectivity index is 1.94. The van der Waals surface area contributed by atoms with Gasteiger partial charge < -0.3 is 21.1 Å². The smallest absolute Gasteiger partial charge is 0.289 e. The van der Waals surface area contributed by atoms with Crippen molar-refractivity contribution in [3.8, 4) is 0 Å². The van der Waals surface area contributed by atoms with Crippen LogP contribution in [0.4, 0.5) is 5.82 Å². The molecule has 1 saturated carbocycles. The summed E-state index contributed by atoms with van der Waals surface area (Å²) in [6.45, 7) is 4.68. The Labute approximate surface area is 171 Å². The molecule has 8 heteroatoms. The van der Waals surface area contributed by atoms with Crippen LogP contribution in [0.1, 0.15) is 48.8 Å². The number of hydrogen-bond acceptors (Lipinski definition) is 6. The van der Waals surface area contributed by atoms with Gasteiger partial charge >= 0.3 is 0 Å². The topological polar surface area (TPSA) is 115 Å². The first-order valence-electron chi connectivity index (χ1n) is 10.1. The lowest BCUT2D eigenvalue weighted by Gasteiger charge is -2.30. The number of nitrogens with zero attached hydrogens (tertiary/aromatic N) is 3. The summed E-state index contributed by atoms with van der Waals surface area (Å²) in [6, 6.07) is 6.16. The van der Waals surface area contributed by atoms with E-state index in [1.807, 2.05) is 32.0 Å². The molecule has 1 aliphatic carbocycles. The van der Waals surface area contributed by atoms with Crippen LogP contribution in [-0.4, -0.2) is 54.1 Å². The van der Waals surface area contributed by atoms with Crippen molar-refractivity contribution in [3.05, 3.63) is 29.6 Å². The van der Waals surface area contributed by atoms with Crippen LogP contribution in [0.3, 0.4) is 0 Å². The van der Waals surface area contributed by atoms with Crippen LogP contribution >= 0.6 is 0 Å². The molecule has 2 aromatic rings. The van der Waals surface area contributed by atoms with Crippen molar-refractivity contribution in [1.29, 1.82) is 0 Å². The summed E-state index contributed by atoms with van der Waals surface area (Å²) >= 11 is 0. The molecule has 0 radical (unpaired) electrons. The molecule has 0 saturated heterocycles. The molecule has 29 heavy (non-hydrogen) atoms. The molecule has 8 nitrogen and oxygen atoms in total. The second-order valence-electron chi connectivity index (χ2n) is 7.54. The van der Waals surface area contributed by atoms with Crippen molar-refractivity contribution < 1.29 is 9.53 Å². The fourth-order valence-electron chi connectivity index (χ4n) is 3.67. The highest BCUT2D eigenvalue weighted by Crippen LogP contribution is 2.28. The Morgan fingerprint density at radius 1 is 1.31 bits per heavy atom. The molecule has 3 rings (SSSR count). The lowest BCUT2D eigenvalue weighted by atomic mass is 9.90. The monoisotopic (exact) mass is 398 g/mol. The van der Waals surface area contributed by atoms with Crippen LogP contribution in [0.5, 0.6) is 0 Å². The molecule has 1 heterocycles. The number of amidine groups is 1. The van der Waals surface area contributed by atoms with Gasteiger partial charge in [-0.2, -0.15) is 0 Å². The summed E-state index contributed by atoms with van der Waals surface area (Å²) in [7, 11) is 1.59. The lowest BCUT2D eigenvalue weighted by molar-refractivity contribution is 0.0927. The third-order valence-corrected chi connectivity index (χ3v) is 5.07. The maximum atomic E-state index is 12.5. The molecular formula is C21H30N6O2. The van der Waals surface area contributed by atoms with Crippen LogP contribution in [0, 0.1) is 6.92 Å². The van der Waals surface area contributed by atoms with Crippen molar-refractivity contribution in [2.24, 2.45) is 10.7 Å². The third-order valence-electron chi connectivity index (χ3n) is 5.07. The van der Waals surface area contributed by atoms with E-state index in [0.29, 0.717) is 24.8 Å². The van der Waals surface area contributed by atoms with Gasteiger partial charge in [0.05, 0.1) is 24.0 Å². The fourth-order valence-corrected chi connectivity index (χ4v) is 3.67. The number of aliphatic imine (C=N–C) groups is 1. The van der Waals surface area contributed by atoms with Gasteiger partial charge in [0.25, 0.3) is 5.91 Å². The number of anilines is 1. The molecule has 4 N–H and O–H groups in total. The molecular weight excluding hydrogens is 368 g/mol. The third kappa shape index (κ3) is 5.41. The number of amides is 1. The average molecular weight is 399 g/mol. The summed E-state index contributed by atoms with van der Waals surface area (Å²) < 4.78 is 4.99. The van der Waals surface area contributed by atoms with Crippen LogP contribution in [0.15, 0.2) is 23.2 Å². The molecule has 0 bridgehead atoms. The van der Waals surface area contributed by atoms with E-state index < -0.39 is 0 Å². The largest absolute Gasteiger partial charge is 0.388 e. The number of methoxy groups -OCH3 is 1. The molecule has 0 unspecified atom stereocenters. The molecule has 1 aromatic carbocycles. The number of hydrogen-bond donors (Lipinski definition) is 3. The van der Waals surface area contributed by atoms with Crippen LogP contribution in [0.2, 0.25) is 0 Å². The maximum Gasteiger partial charge on any atom is 0.289 e. The number of ether oxygens (including phenoxy) is 1. The predicted molar refractivity (Wildman–Crippen MR) is 115 cm³/mol. The number of rotatable bonds is 7. The predicted octanol–water partition coefficient (Wildman–Crippen LogP) is 2.41. The van der Waals surface area contributed by atoms with E-state index in [1.165, 1.54) is 0 Å². The van der Waals surface area contributed by atoms with E-state index in [4.69, 9.17) is 10.5 Å². The molecule has 0 aliphatic heterocycles. The number of carbonyl (C=O) groups is 1. The average Bonchev–Trinajstić information content (AvgIpc) is 2.69. The zero-order valence-corrected chi connectivity index (χ0v) is 17.4. The molecule has 2 atom stereocenters. The standard InChI is InChI=1S/C21H30N6O2/c1-13-8-9-16-15(12-13)19(27-20(25-16)21(28)23-10-11-29-3)26-18-7-5-4-6-17(18)24-14(2)22/h8-9,12,17-18H,4-7,10-11H2,1-3H3,(H2,22,24)(H,23,28)(H,25,26,27)/t17-,18+/m1/s1. The number of aromatic nitrogens is 2. The highest BCUT2D eigenvalue weighted by atomic mass is 16.5. The van der Waals surface area contributed by atoms with E-state index in [2.05, 4.69) is 25.6 Å². The van der Waals surface area contributed by atoms with E-state index >= 15 is 0 Å². The number of fused-ring (bicyclic) bond motifs is 1. The number of benzene rings is 1. The van der Waals surface area contributed by atoms with Gasteiger partial charge in [-0.1, -0.05) is 24.5 Å². The van der Waals surface area contributed by atoms with Gasteiger partial charge in [0.1, 0.15) is 5.82 Å². The van der Waals surface area contributed by atoms with Crippen LogP contribution < -0.4 is 16.4 Å². The Morgan fingerprint density at radius 3 is 2.86 bits per heavy atom. The highest BCUT2D eigenvalue weighted by molar-refractivity contribution is 5.96. The first-order valence-corrected chi connectivity index (χ1v) is 10.1. The van der Waals surface area contributed by atoms with Gasteiger partial charge in [-0.15, -0.1) is 0 Å². The maximum absolute atomic E-state index is 12.5. The number of aryl methyl sites for hydroxylation is 1.